The number of carboxylic acid groups (broad SMARTS) is 1. The minimum atomic E-state index is -1.74. The summed E-state index contributed by atoms with van der Waals surface area (Å²) < 4.78 is 6.93. The summed E-state index contributed by atoms with van der Waals surface area (Å²) in [6, 6.07) is 30.8. The van der Waals surface area contributed by atoms with Gasteiger partial charge in [0.15, 0.2) is 5.60 Å². The van der Waals surface area contributed by atoms with E-state index in [4.69, 9.17) is 4.74 Å². The number of ketones is 1. The number of amides is 2. The smallest absolute Gasteiger partial charge is 0.335 e. The number of carboxylic acids is 1. The molecule has 2 bridgehead atoms. The molecule has 7 rings (SSSR count). The van der Waals surface area contributed by atoms with Gasteiger partial charge in [-0.3, -0.25) is 14.4 Å². The lowest BCUT2D eigenvalue weighted by atomic mass is 9.72. The molecule has 7 heteroatoms. The number of fused-ring (bicyclic) bond motifs is 7. The van der Waals surface area contributed by atoms with Gasteiger partial charge in [-0.25, -0.2) is 9.69 Å². The van der Waals surface area contributed by atoms with Crippen LogP contribution in [0.25, 0.3) is 0 Å². The van der Waals surface area contributed by atoms with Crippen molar-refractivity contribution in [1.82, 2.24) is 0 Å². The van der Waals surface area contributed by atoms with Crippen LogP contribution >= 0.6 is 0 Å². The highest BCUT2D eigenvalue weighted by Crippen LogP contribution is 2.66. The number of carbonyl (C=O) groups excluding carboxylic acids is 3. The maximum atomic E-state index is 14.5. The van der Waals surface area contributed by atoms with Gasteiger partial charge in [0.1, 0.15) is 5.60 Å². The van der Waals surface area contributed by atoms with E-state index in [9.17, 15) is 24.3 Å². The lowest BCUT2D eigenvalue weighted by Crippen LogP contribution is -2.51. The van der Waals surface area contributed by atoms with Crippen molar-refractivity contribution in [2.24, 2.45) is 11.8 Å². The SMILES string of the molecule is O=C(O)c1ccc(N2C(=O)[C@@H]3[C@H](C2=O)[C@@]2(c4ccccc4)O[C@]3(c3ccccc3)c3ccccc3C2=O)cc1. The van der Waals surface area contributed by atoms with Crippen LogP contribution in [0.3, 0.4) is 0 Å². The van der Waals surface area contributed by atoms with E-state index in [1.807, 2.05) is 36.4 Å². The lowest BCUT2D eigenvalue weighted by molar-refractivity contribution is -0.136. The van der Waals surface area contributed by atoms with Crippen molar-refractivity contribution in [3.05, 3.63) is 137 Å². The van der Waals surface area contributed by atoms with Crippen molar-refractivity contribution in [3.8, 4) is 0 Å². The second-order valence-corrected chi connectivity index (χ2v) is 10.00. The zero-order valence-electron chi connectivity index (χ0n) is 20.5. The Morgan fingerprint density at radius 2 is 1.18 bits per heavy atom. The van der Waals surface area contributed by atoms with Crippen LogP contribution in [0, 0.1) is 11.8 Å². The Kier molecular flexibility index (Phi) is 4.80. The predicted molar refractivity (Wildman–Crippen MR) is 140 cm³/mol. The van der Waals surface area contributed by atoms with E-state index in [-0.39, 0.29) is 17.0 Å². The molecule has 39 heavy (non-hydrogen) atoms. The first-order valence-corrected chi connectivity index (χ1v) is 12.6. The molecule has 0 radical (unpaired) electrons. The van der Waals surface area contributed by atoms with Crippen molar-refractivity contribution in [2.45, 2.75) is 11.2 Å². The van der Waals surface area contributed by atoms with Crippen LogP contribution < -0.4 is 4.90 Å². The summed E-state index contributed by atoms with van der Waals surface area (Å²) in [5, 5.41) is 9.33. The summed E-state index contributed by atoms with van der Waals surface area (Å²) >= 11 is 0. The minimum Gasteiger partial charge on any atom is -0.478 e. The number of rotatable bonds is 4. The Morgan fingerprint density at radius 3 is 1.77 bits per heavy atom. The number of Topliss-reactive ketones (excluding diaryl/α,β-unsaturated/α-hetero) is 1. The van der Waals surface area contributed by atoms with Crippen molar-refractivity contribution >= 4 is 29.3 Å². The number of carbonyl (C=O) groups is 4. The minimum absolute atomic E-state index is 0.0314. The van der Waals surface area contributed by atoms with Gasteiger partial charge in [-0.05, 0) is 35.4 Å². The van der Waals surface area contributed by atoms with Crippen molar-refractivity contribution in [3.63, 3.8) is 0 Å². The van der Waals surface area contributed by atoms with Gasteiger partial charge < -0.3 is 9.84 Å². The van der Waals surface area contributed by atoms with Crippen LogP contribution in [0.4, 0.5) is 5.69 Å². The molecule has 3 aliphatic heterocycles. The molecule has 0 unspecified atom stereocenters. The second-order valence-electron chi connectivity index (χ2n) is 10.00. The fourth-order valence-corrected chi connectivity index (χ4v) is 6.63. The largest absolute Gasteiger partial charge is 0.478 e. The second kappa shape index (κ2) is 8.06. The molecule has 2 fully saturated rings. The monoisotopic (exact) mass is 515 g/mol. The predicted octanol–water partition coefficient (Wildman–Crippen LogP) is 4.56. The molecule has 2 amide bonds. The number of anilines is 1. The van der Waals surface area contributed by atoms with E-state index >= 15 is 0 Å². The summed E-state index contributed by atoms with van der Waals surface area (Å²) in [6.45, 7) is 0. The standard InChI is InChI=1S/C32H21NO6/c34-27-23-13-7-8-14-24(23)31(20-9-3-1-4-10-20)25-26(32(27,39-31)21-11-5-2-6-12-21)29(36)33(28(25)35)22-17-15-19(16-18-22)30(37)38/h1-18,25-26H,(H,37,38)/t25-,26+,31+,32+/m0/s1. The molecule has 7 nitrogen and oxygen atoms in total. The quantitative estimate of drug-likeness (QED) is 0.400. The van der Waals surface area contributed by atoms with Crippen LogP contribution in [0.15, 0.2) is 109 Å². The van der Waals surface area contributed by atoms with E-state index in [0.717, 1.165) is 4.90 Å². The number of hydrogen-bond donors (Lipinski definition) is 1. The van der Waals surface area contributed by atoms with Crippen LogP contribution in [0.5, 0.6) is 0 Å². The summed E-state index contributed by atoms with van der Waals surface area (Å²) in [5.41, 5.74) is -0.733. The van der Waals surface area contributed by atoms with E-state index in [0.29, 0.717) is 22.3 Å². The van der Waals surface area contributed by atoms with Crippen LogP contribution in [0.1, 0.15) is 37.4 Å². The Balaban J connectivity index is 1.53. The van der Waals surface area contributed by atoms with E-state index in [2.05, 4.69) is 0 Å². The Labute approximate surface area is 223 Å². The summed E-state index contributed by atoms with van der Waals surface area (Å²) in [7, 11) is 0. The van der Waals surface area contributed by atoms with E-state index < -0.39 is 40.8 Å². The lowest BCUT2D eigenvalue weighted by Gasteiger charge is -2.43. The first kappa shape index (κ1) is 23.3. The fraction of sp³-hybridized carbons (Fsp3) is 0.125. The Bertz CT molecular complexity index is 1680. The normalized spacial score (nSPS) is 26.9. The van der Waals surface area contributed by atoms with Gasteiger partial charge in [-0.15, -0.1) is 0 Å². The third kappa shape index (κ3) is 2.85. The van der Waals surface area contributed by atoms with E-state index in [1.165, 1.54) is 24.3 Å². The van der Waals surface area contributed by atoms with E-state index in [1.54, 1.807) is 48.5 Å². The highest BCUT2D eigenvalue weighted by Gasteiger charge is 2.78. The number of nitrogens with zero attached hydrogens (tertiary/aromatic N) is 1. The van der Waals surface area contributed by atoms with Crippen LogP contribution in [-0.2, 0) is 25.5 Å². The highest BCUT2D eigenvalue weighted by atomic mass is 16.5. The molecule has 2 saturated heterocycles. The molecular formula is C32H21NO6. The number of imide groups is 1. The molecule has 4 aromatic rings. The van der Waals surface area contributed by atoms with Crippen molar-refractivity contribution in [1.29, 1.82) is 0 Å². The van der Waals surface area contributed by atoms with Crippen LogP contribution in [-0.4, -0.2) is 28.7 Å². The van der Waals surface area contributed by atoms with Crippen LogP contribution in [0.2, 0.25) is 0 Å². The number of ether oxygens (including phenoxy) is 1. The Hall–Kier alpha value is -4.88. The third-order valence-corrected chi connectivity index (χ3v) is 8.19. The van der Waals surface area contributed by atoms with Crippen molar-refractivity contribution < 1.29 is 29.0 Å². The first-order chi connectivity index (χ1) is 18.9. The Morgan fingerprint density at radius 1 is 0.667 bits per heavy atom. The van der Waals surface area contributed by atoms with Gasteiger partial charge in [-0.1, -0.05) is 84.9 Å². The molecule has 0 aromatic heterocycles. The molecule has 1 N–H and O–H groups in total. The third-order valence-electron chi connectivity index (χ3n) is 8.19. The fourth-order valence-electron chi connectivity index (χ4n) is 6.63. The topological polar surface area (TPSA) is 101 Å². The highest BCUT2D eigenvalue weighted by molar-refractivity contribution is 6.26. The number of hydrogen-bond acceptors (Lipinski definition) is 5. The maximum Gasteiger partial charge on any atom is 0.335 e. The average molecular weight is 516 g/mol. The molecule has 4 aromatic carbocycles. The first-order valence-electron chi connectivity index (χ1n) is 12.6. The molecule has 0 spiro atoms. The van der Waals surface area contributed by atoms with Gasteiger partial charge in [-0.2, -0.15) is 0 Å². The van der Waals surface area contributed by atoms with Crippen molar-refractivity contribution in [2.75, 3.05) is 4.90 Å². The zero-order valence-corrected chi connectivity index (χ0v) is 20.5. The van der Waals surface area contributed by atoms with Gasteiger partial charge in [0.2, 0.25) is 17.6 Å². The van der Waals surface area contributed by atoms with Gasteiger partial charge in [0.25, 0.3) is 0 Å². The number of benzene rings is 4. The molecular weight excluding hydrogens is 494 g/mol. The van der Waals surface area contributed by atoms with Gasteiger partial charge in [0, 0.05) is 11.1 Å². The molecule has 3 aliphatic rings. The number of aromatic carboxylic acids is 1. The summed E-state index contributed by atoms with van der Waals surface area (Å²) in [6.07, 6.45) is 0. The maximum absolute atomic E-state index is 14.5. The average Bonchev–Trinajstić information content (AvgIpc) is 3.43. The molecule has 4 atom stereocenters. The van der Waals surface area contributed by atoms with Gasteiger partial charge >= 0.3 is 5.97 Å². The summed E-state index contributed by atoms with van der Waals surface area (Å²) in [5.74, 6) is -4.73. The molecule has 0 aliphatic carbocycles. The zero-order chi connectivity index (χ0) is 26.9. The van der Waals surface area contributed by atoms with Gasteiger partial charge in [0.05, 0.1) is 23.1 Å². The molecule has 0 saturated carbocycles. The molecule has 190 valence electrons. The summed E-state index contributed by atoms with van der Waals surface area (Å²) in [4.78, 5) is 55.7. The molecule has 3 heterocycles.